The number of carbonyl (C=O) groups excluding carboxylic acids is 1. The average Bonchev–Trinajstić information content (AvgIpc) is 2.92. The number of ether oxygens (including phenoxy) is 3. The van der Waals surface area contributed by atoms with Gasteiger partial charge in [-0.2, -0.15) is 0 Å². The van der Waals surface area contributed by atoms with Gasteiger partial charge in [-0.3, -0.25) is 4.90 Å². The Morgan fingerprint density at radius 2 is 1.75 bits per heavy atom. The predicted molar refractivity (Wildman–Crippen MR) is 137 cm³/mol. The van der Waals surface area contributed by atoms with Crippen molar-refractivity contribution in [2.45, 2.75) is 13.2 Å². The second-order valence-corrected chi connectivity index (χ2v) is 8.55. The van der Waals surface area contributed by atoms with Gasteiger partial charge in [0.05, 0.1) is 26.0 Å². The van der Waals surface area contributed by atoms with Crippen LogP contribution in [0.15, 0.2) is 72.8 Å². The van der Waals surface area contributed by atoms with Gasteiger partial charge in [-0.25, -0.2) is 9.18 Å². The lowest BCUT2D eigenvalue weighted by Crippen LogP contribution is -2.44. The smallest absolute Gasteiger partial charge is 0.322 e. The fourth-order valence-electron chi connectivity index (χ4n) is 3.98. The first-order valence-electron chi connectivity index (χ1n) is 12.1. The molecule has 0 bridgehead atoms. The second kappa shape index (κ2) is 12.9. The first-order chi connectivity index (χ1) is 17.6. The minimum atomic E-state index is -0.472. The number of benzene rings is 3. The van der Waals surface area contributed by atoms with Gasteiger partial charge in [0.15, 0.2) is 11.5 Å². The molecule has 0 unspecified atom stereocenters. The molecule has 1 heterocycles. The molecule has 3 aromatic carbocycles. The zero-order valence-corrected chi connectivity index (χ0v) is 20.5. The number of halogens is 1. The standard InChI is InChI=1S/C28H32FN3O4/c1-34-26-12-11-23(19-27(26)36-21-22-7-3-2-4-8-22)20-32(14-13-31-15-17-35-18-16-31)28(33)30-25-10-6-5-9-24(25)29/h2-12,19H,13-18,20-21H2,1H3,(H,30,33). The molecule has 7 nitrogen and oxygen atoms in total. The van der Waals surface area contributed by atoms with Crippen LogP contribution < -0.4 is 14.8 Å². The van der Waals surface area contributed by atoms with Gasteiger partial charge in [-0.1, -0.05) is 48.5 Å². The van der Waals surface area contributed by atoms with E-state index in [1.165, 1.54) is 6.07 Å². The number of hydrogen-bond donors (Lipinski definition) is 1. The molecule has 36 heavy (non-hydrogen) atoms. The largest absolute Gasteiger partial charge is 0.493 e. The van der Waals surface area contributed by atoms with E-state index in [1.807, 2.05) is 48.5 Å². The average molecular weight is 494 g/mol. The first-order valence-corrected chi connectivity index (χ1v) is 12.1. The van der Waals surface area contributed by atoms with Crippen LogP contribution in [0.5, 0.6) is 11.5 Å². The summed E-state index contributed by atoms with van der Waals surface area (Å²) in [4.78, 5) is 17.2. The Morgan fingerprint density at radius 1 is 1.00 bits per heavy atom. The summed E-state index contributed by atoms with van der Waals surface area (Å²) in [5.74, 6) is 0.742. The molecular formula is C28H32FN3O4. The van der Waals surface area contributed by atoms with Gasteiger partial charge in [0.2, 0.25) is 0 Å². The summed E-state index contributed by atoms with van der Waals surface area (Å²) in [6.45, 7) is 4.91. The molecular weight excluding hydrogens is 461 g/mol. The summed E-state index contributed by atoms with van der Waals surface area (Å²) in [6.07, 6.45) is 0. The fraction of sp³-hybridized carbons (Fsp3) is 0.321. The summed E-state index contributed by atoms with van der Waals surface area (Å²) < 4.78 is 31.2. The molecule has 0 spiro atoms. The van der Waals surface area contributed by atoms with Crippen molar-refractivity contribution in [3.8, 4) is 11.5 Å². The number of nitrogens with one attached hydrogen (secondary N) is 1. The molecule has 0 radical (unpaired) electrons. The normalized spacial score (nSPS) is 13.7. The van der Waals surface area contributed by atoms with Crippen molar-refractivity contribution in [3.05, 3.63) is 89.7 Å². The van der Waals surface area contributed by atoms with Gasteiger partial charge in [0.25, 0.3) is 0 Å². The summed E-state index contributed by atoms with van der Waals surface area (Å²) in [5.41, 5.74) is 2.08. The van der Waals surface area contributed by atoms with Crippen LogP contribution in [-0.4, -0.2) is 62.3 Å². The number of nitrogens with zero attached hydrogens (tertiary/aromatic N) is 2. The van der Waals surface area contributed by atoms with Crippen LogP contribution >= 0.6 is 0 Å². The minimum Gasteiger partial charge on any atom is -0.493 e. The van der Waals surface area contributed by atoms with Crippen LogP contribution in [0.3, 0.4) is 0 Å². The third-order valence-corrected chi connectivity index (χ3v) is 6.03. The van der Waals surface area contributed by atoms with Gasteiger partial charge < -0.3 is 24.4 Å². The number of urea groups is 1. The third kappa shape index (κ3) is 7.19. The van der Waals surface area contributed by atoms with E-state index >= 15 is 0 Å². The fourth-order valence-corrected chi connectivity index (χ4v) is 3.98. The summed E-state index contributed by atoms with van der Waals surface area (Å²) in [6, 6.07) is 21.3. The lowest BCUT2D eigenvalue weighted by atomic mass is 10.2. The maximum atomic E-state index is 14.2. The molecule has 1 fully saturated rings. The van der Waals surface area contributed by atoms with Crippen LogP contribution in [-0.2, 0) is 17.9 Å². The Kier molecular flexibility index (Phi) is 9.13. The van der Waals surface area contributed by atoms with Crippen molar-refractivity contribution >= 4 is 11.7 Å². The van der Waals surface area contributed by atoms with Crippen molar-refractivity contribution in [2.24, 2.45) is 0 Å². The van der Waals surface area contributed by atoms with Crippen LogP contribution in [0.2, 0.25) is 0 Å². The Hall–Kier alpha value is -3.62. The summed E-state index contributed by atoms with van der Waals surface area (Å²) >= 11 is 0. The van der Waals surface area contributed by atoms with E-state index in [9.17, 15) is 9.18 Å². The van der Waals surface area contributed by atoms with E-state index in [2.05, 4.69) is 10.2 Å². The molecule has 1 aliphatic heterocycles. The lowest BCUT2D eigenvalue weighted by Gasteiger charge is -2.30. The van der Waals surface area contributed by atoms with Gasteiger partial charge in [0.1, 0.15) is 12.4 Å². The molecule has 2 amide bonds. The van der Waals surface area contributed by atoms with Crippen LogP contribution in [0.25, 0.3) is 0 Å². The van der Waals surface area contributed by atoms with Crippen LogP contribution in [0.1, 0.15) is 11.1 Å². The van der Waals surface area contributed by atoms with E-state index in [4.69, 9.17) is 14.2 Å². The number of hydrogen-bond acceptors (Lipinski definition) is 5. The highest BCUT2D eigenvalue weighted by Crippen LogP contribution is 2.29. The van der Waals surface area contributed by atoms with Crippen LogP contribution in [0.4, 0.5) is 14.9 Å². The van der Waals surface area contributed by atoms with Crippen molar-refractivity contribution in [1.29, 1.82) is 0 Å². The van der Waals surface area contributed by atoms with Gasteiger partial charge in [-0.05, 0) is 35.4 Å². The molecule has 4 rings (SSSR count). The van der Waals surface area contributed by atoms with Crippen molar-refractivity contribution in [2.75, 3.05) is 51.8 Å². The lowest BCUT2D eigenvalue weighted by molar-refractivity contribution is 0.0349. The third-order valence-electron chi connectivity index (χ3n) is 6.03. The molecule has 8 heteroatoms. The molecule has 1 aliphatic rings. The number of methoxy groups -OCH3 is 1. The zero-order chi connectivity index (χ0) is 25.2. The van der Waals surface area contributed by atoms with Crippen molar-refractivity contribution < 1.29 is 23.4 Å². The SMILES string of the molecule is COc1ccc(CN(CCN2CCOCC2)C(=O)Nc2ccccc2F)cc1OCc1ccccc1. The zero-order valence-electron chi connectivity index (χ0n) is 20.5. The van der Waals surface area contributed by atoms with E-state index in [-0.39, 0.29) is 11.7 Å². The number of carbonyl (C=O) groups is 1. The Balaban J connectivity index is 1.49. The maximum absolute atomic E-state index is 14.2. The Morgan fingerprint density at radius 3 is 2.50 bits per heavy atom. The summed E-state index contributed by atoms with van der Waals surface area (Å²) in [5, 5.41) is 2.71. The number of rotatable bonds is 10. The van der Waals surface area contributed by atoms with Gasteiger partial charge in [-0.15, -0.1) is 0 Å². The second-order valence-electron chi connectivity index (χ2n) is 8.55. The van der Waals surface area contributed by atoms with Crippen molar-refractivity contribution in [3.63, 3.8) is 0 Å². The molecule has 0 aromatic heterocycles. The highest BCUT2D eigenvalue weighted by atomic mass is 19.1. The predicted octanol–water partition coefficient (Wildman–Crippen LogP) is 4.78. The summed E-state index contributed by atoms with van der Waals surface area (Å²) in [7, 11) is 1.60. The molecule has 0 atom stereocenters. The Bertz CT molecular complexity index is 1120. The Labute approximate surface area is 211 Å². The van der Waals surface area contributed by atoms with E-state index in [0.29, 0.717) is 51.0 Å². The number of amides is 2. The maximum Gasteiger partial charge on any atom is 0.322 e. The number of para-hydroxylation sites is 1. The van der Waals surface area contributed by atoms with Gasteiger partial charge in [0, 0.05) is 32.7 Å². The van der Waals surface area contributed by atoms with Gasteiger partial charge >= 0.3 is 6.03 Å². The number of anilines is 1. The first kappa shape index (κ1) is 25.5. The minimum absolute atomic E-state index is 0.153. The van der Waals surface area contributed by atoms with E-state index < -0.39 is 5.82 Å². The molecule has 1 N–H and O–H groups in total. The quantitative estimate of drug-likeness (QED) is 0.441. The number of morpholine rings is 1. The monoisotopic (exact) mass is 493 g/mol. The molecule has 190 valence electrons. The highest BCUT2D eigenvalue weighted by Gasteiger charge is 2.19. The van der Waals surface area contributed by atoms with E-state index in [0.717, 1.165) is 24.2 Å². The van der Waals surface area contributed by atoms with Crippen molar-refractivity contribution in [1.82, 2.24) is 9.80 Å². The van der Waals surface area contributed by atoms with Crippen LogP contribution in [0, 0.1) is 5.82 Å². The molecule has 3 aromatic rings. The molecule has 0 saturated carbocycles. The molecule has 1 saturated heterocycles. The van der Waals surface area contributed by atoms with E-state index in [1.54, 1.807) is 30.2 Å². The topological polar surface area (TPSA) is 63.3 Å². The molecule has 0 aliphatic carbocycles. The highest BCUT2D eigenvalue weighted by molar-refractivity contribution is 5.89.